The summed E-state index contributed by atoms with van der Waals surface area (Å²) in [6, 6.07) is 3.59. The number of aromatic nitrogens is 3. The van der Waals surface area contributed by atoms with E-state index in [2.05, 4.69) is 15.0 Å². The molecule has 1 saturated heterocycles. The lowest BCUT2D eigenvalue weighted by atomic mass is 10.0. The number of halogens is 3. The Morgan fingerprint density at radius 2 is 2.00 bits per heavy atom. The number of hydrogen-bond donors (Lipinski definition) is 1. The molecule has 1 atom stereocenters. The van der Waals surface area contributed by atoms with Gasteiger partial charge in [0.1, 0.15) is 17.0 Å². The predicted molar refractivity (Wildman–Crippen MR) is 118 cm³/mol. The Balaban J connectivity index is 1.64. The molecule has 2 fully saturated rings. The van der Waals surface area contributed by atoms with Crippen molar-refractivity contribution in [3.8, 4) is 17.1 Å². The van der Waals surface area contributed by atoms with Gasteiger partial charge in [0.05, 0.1) is 24.8 Å². The molecule has 0 bridgehead atoms. The third kappa shape index (κ3) is 3.18. The van der Waals surface area contributed by atoms with E-state index in [0.29, 0.717) is 49.6 Å². The quantitative estimate of drug-likeness (QED) is 0.597. The van der Waals surface area contributed by atoms with E-state index in [9.17, 15) is 21.6 Å². The fourth-order valence-corrected chi connectivity index (χ4v) is 6.19. The highest BCUT2D eigenvalue weighted by molar-refractivity contribution is 7.92. The molecule has 8 nitrogen and oxygen atoms in total. The summed E-state index contributed by atoms with van der Waals surface area (Å²) < 4.78 is 76.9. The number of ether oxygens (including phenoxy) is 2. The van der Waals surface area contributed by atoms with Crippen LogP contribution in [0.5, 0.6) is 5.75 Å². The van der Waals surface area contributed by atoms with Gasteiger partial charge in [0.25, 0.3) is 0 Å². The lowest BCUT2D eigenvalue weighted by Crippen LogP contribution is -2.52. The van der Waals surface area contributed by atoms with Crippen molar-refractivity contribution in [3.05, 3.63) is 35.7 Å². The minimum Gasteiger partial charge on any atom is -0.486 e. The maximum absolute atomic E-state index is 13.7. The van der Waals surface area contributed by atoms with Crippen LogP contribution in [-0.2, 0) is 25.5 Å². The number of rotatable bonds is 3. The Morgan fingerprint density at radius 3 is 2.71 bits per heavy atom. The van der Waals surface area contributed by atoms with Gasteiger partial charge in [-0.15, -0.1) is 0 Å². The van der Waals surface area contributed by atoms with Gasteiger partial charge in [0, 0.05) is 35.5 Å². The van der Waals surface area contributed by atoms with Crippen molar-refractivity contribution >= 4 is 26.6 Å². The molecule has 6 rings (SSSR count). The molecule has 1 N–H and O–H groups in total. The van der Waals surface area contributed by atoms with Crippen LogP contribution < -0.4 is 9.64 Å². The van der Waals surface area contributed by atoms with Gasteiger partial charge in [-0.2, -0.15) is 13.2 Å². The van der Waals surface area contributed by atoms with Crippen LogP contribution in [-0.4, -0.2) is 62.0 Å². The van der Waals surface area contributed by atoms with Gasteiger partial charge in [-0.1, -0.05) is 0 Å². The smallest absolute Gasteiger partial charge is 0.416 e. The average molecular weight is 494 g/mol. The zero-order valence-corrected chi connectivity index (χ0v) is 19.0. The molecular formula is C22H21F3N4O4S. The number of benzene rings is 1. The molecule has 2 aliphatic heterocycles. The molecule has 1 saturated carbocycles. The Bertz CT molecular complexity index is 1420. The van der Waals surface area contributed by atoms with E-state index in [4.69, 9.17) is 9.47 Å². The van der Waals surface area contributed by atoms with Crippen molar-refractivity contribution in [2.45, 2.75) is 29.8 Å². The summed E-state index contributed by atoms with van der Waals surface area (Å²) in [5.41, 5.74) is -0.154. The van der Waals surface area contributed by atoms with E-state index in [1.165, 1.54) is 0 Å². The second-order valence-electron chi connectivity index (χ2n) is 9.01. The number of alkyl halides is 3. The first-order valence-electron chi connectivity index (χ1n) is 10.9. The molecular weight excluding hydrogens is 473 g/mol. The molecule has 180 valence electrons. The van der Waals surface area contributed by atoms with Gasteiger partial charge in [-0.3, -0.25) is 0 Å². The Morgan fingerprint density at radius 1 is 1.21 bits per heavy atom. The molecule has 34 heavy (non-hydrogen) atoms. The largest absolute Gasteiger partial charge is 0.486 e. The minimum absolute atomic E-state index is 0.0371. The maximum atomic E-state index is 13.7. The summed E-state index contributed by atoms with van der Waals surface area (Å²) >= 11 is 0. The molecule has 1 aromatic carbocycles. The minimum atomic E-state index is -4.58. The molecule has 4 heterocycles. The highest BCUT2D eigenvalue weighted by Gasteiger charge is 2.58. The number of sulfone groups is 1. The number of morpholine rings is 1. The number of nitrogens with one attached hydrogen (secondary N) is 1. The Kier molecular flexibility index (Phi) is 4.51. The Labute approximate surface area is 193 Å². The number of nitrogens with zero attached hydrogens (tertiary/aromatic N) is 3. The summed E-state index contributed by atoms with van der Waals surface area (Å²) in [4.78, 5) is 14.1. The van der Waals surface area contributed by atoms with E-state index in [-0.39, 0.29) is 35.2 Å². The van der Waals surface area contributed by atoms with Crippen molar-refractivity contribution in [2.75, 3.05) is 37.5 Å². The third-order valence-corrected chi connectivity index (χ3v) is 8.87. The molecule has 0 spiro atoms. The molecule has 12 heteroatoms. The molecule has 2 aromatic heterocycles. The van der Waals surface area contributed by atoms with Crippen LogP contribution in [0.4, 0.5) is 19.0 Å². The van der Waals surface area contributed by atoms with E-state index in [1.54, 1.807) is 12.3 Å². The second-order valence-corrected chi connectivity index (χ2v) is 11.3. The van der Waals surface area contributed by atoms with Crippen LogP contribution in [0.15, 0.2) is 24.4 Å². The first-order valence-corrected chi connectivity index (χ1v) is 12.8. The van der Waals surface area contributed by atoms with Gasteiger partial charge in [0.15, 0.2) is 27.2 Å². The predicted octanol–water partition coefficient (Wildman–Crippen LogP) is 3.28. The summed E-state index contributed by atoms with van der Waals surface area (Å²) in [7, 11) is -3.57. The van der Waals surface area contributed by atoms with Gasteiger partial charge >= 0.3 is 6.18 Å². The fourth-order valence-electron chi connectivity index (χ4n) is 4.86. The standard InChI is InChI=1S/C22H21F3N4O4S/c1-34(30,31)21(3-4-21)18-17-20(29-6-7-32-10-13(29)11-33-17)28-19(27-18)15-8-12(22(23,24)25)9-16-14(15)2-5-26-16/h2,5,8-9,13,26H,3-4,6-7,10-11H2,1H3/t13-/m0/s1. The SMILES string of the molecule is CS(=O)(=O)C1(c2nc(-c3cc(C(F)(F)F)cc4[nH]ccc34)nc3c2OC[C@@H]2COCCN32)CC1. The van der Waals surface area contributed by atoms with E-state index in [0.717, 1.165) is 18.4 Å². The fraction of sp³-hybridized carbons (Fsp3) is 0.455. The second kappa shape index (κ2) is 7.08. The monoisotopic (exact) mass is 494 g/mol. The normalized spacial score (nSPS) is 21.6. The van der Waals surface area contributed by atoms with Crippen LogP contribution in [0.25, 0.3) is 22.3 Å². The topological polar surface area (TPSA) is 97.4 Å². The van der Waals surface area contributed by atoms with Crippen LogP contribution in [0, 0.1) is 0 Å². The lowest BCUT2D eigenvalue weighted by molar-refractivity contribution is -0.137. The molecule has 3 aromatic rings. The Hall–Kier alpha value is -2.86. The van der Waals surface area contributed by atoms with Gasteiger partial charge in [0.2, 0.25) is 0 Å². The number of aromatic amines is 1. The molecule has 0 radical (unpaired) electrons. The van der Waals surface area contributed by atoms with Gasteiger partial charge in [-0.25, -0.2) is 18.4 Å². The van der Waals surface area contributed by atoms with Crippen molar-refractivity contribution in [2.24, 2.45) is 0 Å². The average Bonchev–Trinajstić information content (AvgIpc) is 3.48. The third-order valence-electron chi connectivity index (χ3n) is 6.85. The molecule has 0 amide bonds. The molecule has 3 aliphatic rings. The first-order chi connectivity index (χ1) is 16.1. The van der Waals surface area contributed by atoms with Crippen LogP contribution in [0.2, 0.25) is 0 Å². The number of H-pyrrole nitrogens is 1. The van der Waals surface area contributed by atoms with Crippen LogP contribution >= 0.6 is 0 Å². The van der Waals surface area contributed by atoms with Gasteiger partial charge < -0.3 is 19.4 Å². The van der Waals surface area contributed by atoms with Crippen LogP contribution in [0.1, 0.15) is 24.1 Å². The maximum Gasteiger partial charge on any atom is 0.416 e. The van der Waals surface area contributed by atoms with Gasteiger partial charge in [-0.05, 0) is 31.0 Å². The zero-order valence-electron chi connectivity index (χ0n) is 18.1. The highest BCUT2D eigenvalue weighted by Crippen LogP contribution is 2.56. The van der Waals surface area contributed by atoms with Crippen LogP contribution in [0.3, 0.4) is 0 Å². The number of anilines is 1. The molecule has 1 aliphatic carbocycles. The number of fused-ring (bicyclic) bond motifs is 4. The highest BCUT2D eigenvalue weighted by atomic mass is 32.2. The van der Waals surface area contributed by atoms with Crippen molar-refractivity contribution in [1.29, 1.82) is 0 Å². The van der Waals surface area contributed by atoms with Crippen molar-refractivity contribution in [3.63, 3.8) is 0 Å². The summed E-state index contributed by atoms with van der Waals surface area (Å²) in [6.45, 7) is 1.66. The summed E-state index contributed by atoms with van der Waals surface area (Å²) in [5, 5.41) is 0.512. The van der Waals surface area contributed by atoms with E-state index >= 15 is 0 Å². The van der Waals surface area contributed by atoms with Crippen molar-refractivity contribution < 1.29 is 31.1 Å². The zero-order chi connectivity index (χ0) is 23.9. The van der Waals surface area contributed by atoms with E-state index in [1.807, 2.05) is 4.90 Å². The summed E-state index contributed by atoms with van der Waals surface area (Å²) in [6.07, 6.45) is -1.13. The van der Waals surface area contributed by atoms with Crippen molar-refractivity contribution in [1.82, 2.24) is 15.0 Å². The lowest BCUT2D eigenvalue weighted by Gasteiger charge is -2.41. The van der Waals surface area contributed by atoms with E-state index < -0.39 is 26.3 Å². The summed E-state index contributed by atoms with van der Waals surface area (Å²) in [5.74, 6) is 0.729. The first kappa shape index (κ1) is 21.7. The number of hydrogen-bond acceptors (Lipinski definition) is 7. The molecule has 0 unspecified atom stereocenters.